The third-order valence-corrected chi connectivity index (χ3v) is 14.3. The molecule has 2 aromatic rings. The number of nitrogens with two attached hydrogens (primary N) is 2. The lowest BCUT2D eigenvalue weighted by molar-refractivity contribution is -0.146. The summed E-state index contributed by atoms with van der Waals surface area (Å²) in [6.07, 6.45) is 1.37. The fourth-order valence-electron chi connectivity index (χ4n) is 9.66. The second-order valence-corrected chi connectivity index (χ2v) is 20.5. The summed E-state index contributed by atoms with van der Waals surface area (Å²) in [6.45, 7) is 13.6. The van der Waals surface area contributed by atoms with Gasteiger partial charge in [0, 0.05) is 47.7 Å². The maximum absolute atomic E-state index is 14.3. The van der Waals surface area contributed by atoms with Crippen LogP contribution in [0.3, 0.4) is 0 Å². The molecule has 75 heavy (non-hydrogen) atoms. The Kier molecular flexibility index (Phi) is 27.2. The molecule has 20 nitrogen and oxygen atoms in total. The minimum Gasteiger partial charge on any atom is -0.445 e. The van der Waals surface area contributed by atoms with Gasteiger partial charge in [0.05, 0.1) is 61.9 Å². The van der Waals surface area contributed by atoms with Crippen LogP contribution in [0.4, 0.5) is 10.5 Å². The number of nitrogens with one attached hydrogen (secondary N) is 4. The molecule has 420 valence electrons. The summed E-state index contributed by atoms with van der Waals surface area (Å²) >= 11 is 0. The van der Waals surface area contributed by atoms with Crippen LogP contribution in [-0.4, -0.2) is 166 Å². The van der Waals surface area contributed by atoms with E-state index in [4.69, 9.17) is 30.4 Å². The first-order chi connectivity index (χ1) is 35.6. The van der Waals surface area contributed by atoms with Gasteiger partial charge in [0.1, 0.15) is 18.7 Å². The Balaban J connectivity index is 1.62. The molecular formula is C55H89N9O11. The summed E-state index contributed by atoms with van der Waals surface area (Å²) in [6, 6.07) is 12.7. The van der Waals surface area contributed by atoms with Crippen molar-refractivity contribution < 1.29 is 52.5 Å². The summed E-state index contributed by atoms with van der Waals surface area (Å²) in [5.74, 6) is -3.39. The fraction of sp³-hybridized carbons (Fsp3) is 0.655. The van der Waals surface area contributed by atoms with Crippen molar-refractivity contribution in [2.45, 2.75) is 148 Å². The summed E-state index contributed by atoms with van der Waals surface area (Å²) in [5.41, 5.74) is 13.8. The zero-order valence-corrected chi connectivity index (χ0v) is 46.6. The van der Waals surface area contributed by atoms with E-state index in [0.717, 1.165) is 12.0 Å². The van der Waals surface area contributed by atoms with Crippen molar-refractivity contribution in [3.05, 3.63) is 65.7 Å². The van der Waals surface area contributed by atoms with Crippen LogP contribution >= 0.6 is 0 Å². The SMILES string of the molecule is CCC(C)C(C(CC(=O)N1CCCC1C(OC)C(C)C(=O)NC(COC)Cc1ccccc1)OC)N(C)C(=O)CNC(=O)C(C(C)C)N(C)C(=O)OCc1ccc(NC(=O)C(CCCN)NC(=O)C(N)C(C)C)cc1. The highest BCUT2D eigenvalue weighted by molar-refractivity contribution is 5.98. The molecule has 0 aliphatic carbocycles. The lowest BCUT2D eigenvalue weighted by atomic mass is 9.90. The number of methoxy groups -OCH3 is 3. The van der Waals surface area contributed by atoms with E-state index < -0.39 is 72.0 Å². The van der Waals surface area contributed by atoms with Crippen LogP contribution in [0.2, 0.25) is 0 Å². The van der Waals surface area contributed by atoms with Gasteiger partial charge < -0.3 is 61.5 Å². The Morgan fingerprint density at radius 3 is 2.04 bits per heavy atom. The van der Waals surface area contributed by atoms with E-state index in [0.29, 0.717) is 63.1 Å². The fourth-order valence-corrected chi connectivity index (χ4v) is 9.66. The molecule has 0 radical (unpaired) electrons. The van der Waals surface area contributed by atoms with Crippen molar-refractivity contribution in [2.24, 2.45) is 35.1 Å². The maximum atomic E-state index is 14.3. The average molecular weight is 1050 g/mol. The molecule has 1 aliphatic heterocycles. The predicted octanol–water partition coefficient (Wildman–Crippen LogP) is 3.84. The lowest BCUT2D eigenvalue weighted by Crippen LogP contribution is -2.56. The van der Waals surface area contributed by atoms with Crippen molar-refractivity contribution in [3.8, 4) is 0 Å². The Morgan fingerprint density at radius 1 is 0.800 bits per heavy atom. The topological polar surface area (TPSA) is 266 Å². The minimum atomic E-state index is -0.995. The smallest absolute Gasteiger partial charge is 0.410 e. The summed E-state index contributed by atoms with van der Waals surface area (Å²) in [5, 5.41) is 11.4. The zero-order valence-electron chi connectivity index (χ0n) is 46.6. The number of nitrogens with zero attached hydrogens (tertiary/aromatic N) is 3. The van der Waals surface area contributed by atoms with Crippen LogP contribution < -0.4 is 32.7 Å². The van der Waals surface area contributed by atoms with Crippen molar-refractivity contribution in [1.29, 1.82) is 0 Å². The van der Waals surface area contributed by atoms with E-state index >= 15 is 0 Å². The van der Waals surface area contributed by atoms with E-state index in [2.05, 4.69) is 21.3 Å². The number of likely N-dealkylation sites (N-methyl/N-ethyl adjacent to an activating group) is 2. The molecule has 0 spiro atoms. The number of hydrogen-bond donors (Lipinski definition) is 6. The first kappa shape index (κ1) is 63.6. The number of amides is 7. The standard InChI is InChI=1S/C55H89N9O11/c1-13-36(6)49(44(73-11)30-45(65)64-28-18-22-43(64)50(74-12)37(7)51(67)60-41(33-72-10)29-38-19-15-14-16-20-38)62(8)46(66)31-58-54(70)48(35(4)5)63(9)55(71)75-32-39-23-25-40(26-24-39)59-52(68)42(21-17-27-56)61-53(69)47(57)34(2)3/h14-16,19-20,23-26,34-37,41-44,47-50H,13,17-18,21-22,27-33,56-57H2,1-12H3,(H,58,70)(H,59,68)(H,60,67)(H,61,69). The van der Waals surface area contributed by atoms with Gasteiger partial charge in [-0.1, -0.05) is 97.4 Å². The van der Waals surface area contributed by atoms with Gasteiger partial charge >= 0.3 is 6.09 Å². The van der Waals surface area contributed by atoms with Crippen LogP contribution in [0.1, 0.15) is 98.1 Å². The van der Waals surface area contributed by atoms with Crippen LogP contribution in [0.5, 0.6) is 0 Å². The third-order valence-electron chi connectivity index (χ3n) is 14.3. The van der Waals surface area contributed by atoms with Gasteiger partial charge in [0.2, 0.25) is 35.4 Å². The number of anilines is 1. The van der Waals surface area contributed by atoms with Crippen molar-refractivity contribution in [1.82, 2.24) is 30.7 Å². The Labute approximate surface area is 445 Å². The summed E-state index contributed by atoms with van der Waals surface area (Å²) in [7, 11) is 7.75. The molecule has 10 atom stereocenters. The average Bonchev–Trinajstić information content (AvgIpc) is 3.88. The Morgan fingerprint density at radius 2 is 1.47 bits per heavy atom. The highest BCUT2D eigenvalue weighted by Gasteiger charge is 2.42. The Hall–Kier alpha value is -5.67. The first-order valence-corrected chi connectivity index (χ1v) is 26.4. The van der Waals surface area contributed by atoms with E-state index in [1.54, 1.807) is 64.3 Å². The molecule has 1 saturated heterocycles. The first-order valence-electron chi connectivity index (χ1n) is 26.4. The number of carbonyl (C=O) groups excluding carboxylic acids is 7. The molecule has 0 saturated carbocycles. The van der Waals surface area contributed by atoms with Gasteiger partial charge in [-0.2, -0.15) is 0 Å². The molecule has 0 aromatic heterocycles. The monoisotopic (exact) mass is 1050 g/mol. The van der Waals surface area contributed by atoms with Gasteiger partial charge in [-0.05, 0) is 79.7 Å². The number of hydrogen-bond acceptors (Lipinski definition) is 13. The molecule has 1 heterocycles. The zero-order chi connectivity index (χ0) is 55.9. The van der Waals surface area contributed by atoms with Crippen LogP contribution in [0.15, 0.2) is 54.6 Å². The normalized spacial score (nSPS) is 17.1. The number of benzene rings is 2. The number of likely N-dealkylation sites (tertiary alicyclic amines) is 1. The van der Waals surface area contributed by atoms with Gasteiger partial charge in [0.25, 0.3) is 0 Å². The van der Waals surface area contributed by atoms with Crippen LogP contribution in [0.25, 0.3) is 0 Å². The highest BCUT2D eigenvalue weighted by atomic mass is 16.6. The number of ether oxygens (including phenoxy) is 4. The quantitative estimate of drug-likeness (QED) is 0.0628. The molecule has 1 aliphatic rings. The van der Waals surface area contributed by atoms with Gasteiger partial charge in [-0.25, -0.2) is 4.79 Å². The van der Waals surface area contributed by atoms with E-state index in [9.17, 15) is 33.6 Å². The summed E-state index contributed by atoms with van der Waals surface area (Å²) in [4.78, 5) is 99.4. The summed E-state index contributed by atoms with van der Waals surface area (Å²) < 4.78 is 23.0. The van der Waals surface area contributed by atoms with Gasteiger partial charge in [-0.15, -0.1) is 0 Å². The van der Waals surface area contributed by atoms with Crippen LogP contribution in [0, 0.1) is 23.7 Å². The van der Waals surface area contributed by atoms with Gasteiger partial charge in [0.15, 0.2) is 0 Å². The minimum absolute atomic E-state index is 0.0371. The molecule has 10 unspecified atom stereocenters. The van der Waals surface area contributed by atoms with E-state index in [1.807, 2.05) is 65.0 Å². The molecule has 20 heteroatoms. The van der Waals surface area contributed by atoms with Crippen molar-refractivity contribution >= 4 is 47.2 Å². The van der Waals surface area contributed by atoms with Crippen molar-refractivity contribution in [2.75, 3.05) is 67.0 Å². The second kappa shape index (κ2) is 32.0. The Bertz CT molecular complexity index is 2110. The molecule has 1 fully saturated rings. The molecule has 0 bridgehead atoms. The molecule has 8 N–H and O–H groups in total. The van der Waals surface area contributed by atoms with Crippen LogP contribution in [-0.2, 0) is 60.7 Å². The molecule has 2 aromatic carbocycles. The number of rotatable bonds is 31. The molecular weight excluding hydrogens is 963 g/mol. The second-order valence-electron chi connectivity index (χ2n) is 20.5. The van der Waals surface area contributed by atoms with Crippen molar-refractivity contribution in [3.63, 3.8) is 0 Å². The van der Waals surface area contributed by atoms with E-state index in [1.165, 1.54) is 24.0 Å². The molecule has 7 amide bonds. The largest absolute Gasteiger partial charge is 0.445 e. The third kappa shape index (κ3) is 19.1. The van der Waals surface area contributed by atoms with Gasteiger partial charge in [-0.3, -0.25) is 33.7 Å². The predicted molar refractivity (Wildman–Crippen MR) is 288 cm³/mol. The highest BCUT2D eigenvalue weighted by Crippen LogP contribution is 2.29. The number of carbonyl (C=O) groups is 7. The van der Waals surface area contributed by atoms with E-state index in [-0.39, 0.29) is 61.2 Å². The maximum Gasteiger partial charge on any atom is 0.410 e. The lowest BCUT2D eigenvalue weighted by Gasteiger charge is -2.39. The molecule has 3 rings (SSSR count).